The minimum Gasteiger partial charge on any atom is -0.478 e. The van der Waals surface area contributed by atoms with Gasteiger partial charge in [-0.1, -0.05) is 0 Å². The van der Waals surface area contributed by atoms with Gasteiger partial charge in [0.25, 0.3) is 0 Å². The summed E-state index contributed by atoms with van der Waals surface area (Å²) in [5.41, 5.74) is 1.18. The molecule has 0 spiro atoms. The smallest absolute Gasteiger partial charge is 0.337 e. The molecule has 1 aliphatic heterocycles. The molecule has 2 heterocycles. The molecule has 2 rings (SSSR count). The zero-order chi connectivity index (χ0) is 9.97. The summed E-state index contributed by atoms with van der Waals surface area (Å²) in [6, 6.07) is 3.69. The van der Waals surface area contributed by atoms with Gasteiger partial charge in [0.2, 0.25) is 0 Å². The zero-order valence-electron chi connectivity index (χ0n) is 7.73. The number of nitrogens with zero attached hydrogens (tertiary/aromatic N) is 1. The minimum atomic E-state index is -0.927. The first-order chi connectivity index (χ1) is 6.77. The molecule has 74 valence electrons. The van der Waals surface area contributed by atoms with Crippen LogP contribution >= 0.6 is 0 Å². The van der Waals surface area contributed by atoms with Gasteiger partial charge in [-0.3, -0.25) is 4.98 Å². The lowest BCUT2D eigenvalue weighted by molar-refractivity contribution is 0.0696. The van der Waals surface area contributed by atoms with Crippen LogP contribution in [0, 0.1) is 0 Å². The van der Waals surface area contributed by atoms with Crippen LogP contribution in [0.15, 0.2) is 18.3 Å². The van der Waals surface area contributed by atoms with Gasteiger partial charge in [-0.2, -0.15) is 0 Å². The maximum absolute atomic E-state index is 10.6. The van der Waals surface area contributed by atoms with E-state index in [9.17, 15) is 4.79 Å². The monoisotopic (exact) mass is 192 g/mol. The summed E-state index contributed by atoms with van der Waals surface area (Å²) in [4.78, 5) is 14.7. The van der Waals surface area contributed by atoms with E-state index in [1.807, 2.05) is 0 Å². The van der Waals surface area contributed by atoms with E-state index in [2.05, 4.69) is 10.3 Å². The molecular weight excluding hydrogens is 180 g/mol. The zero-order valence-corrected chi connectivity index (χ0v) is 7.73. The van der Waals surface area contributed by atoms with Crippen molar-refractivity contribution in [2.24, 2.45) is 0 Å². The Balaban J connectivity index is 2.16. The van der Waals surface area contributed by atoms with Crippen LogP contribution in [0.25, 0.3) is 0 Å². The van der Waals surface area contributed by atoms with Gasteiger partial charge in [0, 0.05) is 12.2 Å². The summed E-state index contributed by atoms with van der Waals surface area (Å²) in [6.07, 6.45) is 3.66. The number of aromatic carboxylic acids is 1. The van der Waals surface area contributed by atoms with Crippen molar-refractivity contribution < 1.29 is 9.90 Å². The van der Waals surface area contributed by atoms with Gasteiger partial charge >= 0.3 is 5.97 Å². The van der Waals surface area contributed by atoms with Gasteiger partial charge in [-0.25, -0.2) is 4.79 Å². The van der Waals surface area contributed by atoms with Crippen molar-refractivity contribution in [1.82, 2.24) is 10.3 Å². The first-order valence-corrected chi connectivity index (χ1v) is 4.70. The minimum absolute atomic E-state index is 0.242. The van der Waals surface area contributed by atoms with Crippen LogP contribution in [-0.2, 0) is 0 Å². The molecule has 0 amide bonds. The topological polar surface area (TPSA) is 62.2 Å². The van der Waals surface area contributed by atoms with Crippen molar-refractivity contribution in [3.63, 3.8) is 0 Å². The van der Waals surface area contributed by atoms with Crippen LogP contribution in [0.3, 0.4) is 0 Å². The molecule has 1 aliphatic rings. The Morgan fingerprint density at radius 2 is 2.43 bits per heavy atom. The highest BCUT2D eigenvalue weighted by Crippen LogP contribution is 2.20. The van der Waals surface area contributed by atoms with Crippen molar-refractivity contribution in [2.45, 2.75) is 18.9 Å². The Morgan fingerprint density at radius 3 is 2.93 bits per heavy atom. The van der Waals surface area contributed by atoms with E-state index in [1.165, 1.54) is 6.20 Å². The fourth-order valence-corrected chi connectivity index (χ4v) is 1.67. The molecule has 1 aromatic rings. The van der Waals surface area contributed by atoms with E-state index < -0.39 is 5.97 Å². The number of carbonyl (C=O) groups is 1. The molecule has 1 fully saturated rings. The van der Waals surface area contributed by atoms with Gasteiger partial charge in [0.05, 0.1) is 11.3 Å². The molecular formula is C10H12N2O2. The van der Waals surface area contributed by atoms with E-state index in [4.69, 9.17) is 5.11 Å². The second-order valence-corrected chi connectivity index (χ2v) is 3.43. The molecule has 0 bridgehead atoms. The highest BCUT2D eigenvalue weighted by molar-refractivity contribution is 5.87. The van der Waals surface area contributed by atoms with Crippen LogP contribution < -0.4 is 5.32 Å². The summed E-state index contributed by atoms with van der Waals surface area (Å²) in [5, 5.41) is 12.0. The maximum atomic E-state index is 10.6. The standard InChI is InChI=1S/C10H12N2O2/c13-10(14)7-3-4-9(12-6-7)8-2-1-5-11-8/h3-4,6,8,11H,1-2,5H2,(H,13,14). The highest BCUT2D eigenvalue weighted by atomic mass is 16.4. The molecule has 1 unspecified atom stereocenters. The number of carboxylic acid groups (broad SMARTS) is 1. The van der Waals surface area contributed by atoms with Crippen LogP contribution in [0.2, 0.25) is 0 Å². The van der Waals surface area contributed by atoms with Crippen LogP contribution in [0.1, 0.15) is 34.9 Å². The quantitative estimate of drug-likeness (QED) is 0.739. The van der Waals surface area contributed by atoms with Gasteiger partial charge in [-0.05, 0) is 31.5 Å². The Bertz CT molecular complexity index is 328. The molecule has 4 nitrogen and oxygen atoms in total. The second-order valence-electron chi connectivity index (χ2n) is 3.43. The first kappa shape index (κ1) is 9.15. The van der Waals surface area contributed by atoms with Crippen molar-refractivity contribution in [3.05, 3.63) is 29.6 Å². The Labute approximate surface area is 82.0 Å². The molecule has 0 aromatic carbocycles. The van der Waals surface area contributed by atoms with Crippen LogP contribution in [0.4, 0.5) is 0 Å². The summed E-state index contributed by atoms with van der Waals surface area (Å²) >= 11 is 0. The van der Waals surface area contributed by atoms with Gasteiger partial charge < -0.3 is 10.4 Å². The molecule has 0 aliphatic carbocycles. The van der Waals surface area contributed by atoms with E-state index in [0.717, 1.165) is 25.1 Å². The number of nitrogens with one attached hydrogen (secondary N) is 1. The van der Waals surface area contributed by atoms with Crippen molar-refractivity contribution in [2.75, 3.05) is 6.54 Å². The third kappa shape index (κ3) is 1.75. The molecule has 0 saturated carbocycles. The first-order valence-electron chi connectivity index (χ1n) is 4.70. The largest absolute Gasteiger partial charge is 0.478 e. The van der Waals surface area contributed by atoms with E-state index in [0.29, 0.717) is 6.04 Å². The van der Waals surface area contributed by atoms with E-state index in [1.54, 1.807) is 12.1 Å². The third-order valence-corrected chi connectivity index (χ3v) is 2.45. The molecule has 0 radical (unpaired) electrons. The average molecular weight is 192 g/mol. The highest BCUT2D eigenvalue weighted by Gasteiger charge is 2.17. The molecule has 1 atom stereocenters. The van der Waals surface area contributed by atoms with Crippen molar-refractivity contribution in [3.8, 4) is 0 Å². The molecule has 1 aromatic heterocycles. The van der Waals surface area contributed by atoms with Crippen molar-refractivity contribution in [1.29, 1.82) is 0 Å². The number of rotatable bonds is 2. The third-order valence-electron chi connectivity index (χ3n) is 2.45. The fraction of sp³-hybridized carbons (Fsp3) is 0.400. The number of hydrogen-bond donors (Lipinski definition) is 2. The normalized spacial score (nSPS) is 21.0. The fourth-order valence-electron chi connectivity index (χ4n) is 1.67. The molecule has 2 N–H and O–H groups in total. The number of aromatic nitrogens is 1. The lowest BCUT2D eigenvalue weighted by Crippen LogP contribution is -2.14. The second kappa shape index (κ2) is 3.75. The molecule has 1 saturated heterocycles. The average Bonchev–Trinajstić information content (AvgIpc) is 2.71. The lowest BCUT2D eigenvalue weighted by Gasteiger charge is -2.08. The lowest BCUT2D eigenvalue weighted by atomic mass is 10.1. The predicted octanol–water partition coefficient (Wildman–Crippen LogP) is 1.20. The maximum Gasteiger partial charge on any atom is 0.337 e. The summed E-state index contributed by atoms with van der Waals surface area (Å²) in [6.45, 7) is 1.02. The molecule has 4 heteroatoms. The number of carboxylic acids is 1. The van der Waals surface area contributed by atoms with Crippen LogP contribution in [0.5, 0.6) is 0 Å². The predicted molar refractivity (Wildman–Crippen MR) is 51.2 cm³/mol. The Hall–Kier alpha value is -1.42. The number of hydrogen-bond acceptors (Lipinski definition) is 3. The van der Waals surface area contributed by atoms with Crippen LogP contribution in [-0.4, -0.2) is 22.6 Å². The summed E-state index contributed by atoms with van der Waals surface area (Å²) < 4.78 is 0. The Kier molecular flexibility index (Phi) is 2.45. The summed E-state index contributed by atoms with van der Waals surface area (Å²) in [5.74, 6) is -0.927. The van der Waals surface area contributed by atoms with Gasteiger partial charge in [0.15, 0.2) is 0 Å². The van der Waals surface area contributed by atoms with Crippen molar-refractivity contribution >= 4 is 5.97 Å². The molecule has 14 heavy (non-hydrogen) atoms. The van der Waals surface area contributed by atoms with Gasteiger partial charge in [0.1, 0.15) is 0 Å². The van der Waals surface area contributed by atoms with E-state index >= 15 is 0 Å². The Morgan fingerprint density at radius 1 is 1.57 bits per heavy atom. The van der Waals surface area contributed by atoms with E-state index in [-0.39, 0.29) is 5.56 Å². The SMILES string of the molecule is O=C(O)c1ccc(C2CCCN2)nc1. The number of pyridine rings is 1. The summed E-state index contributed by atoms with van der Waals surface area (Å²) in [7, 11) is 0. The van der Waals surface area contributed by atoms with Gasteiger partial charge in [-0.15, -0.1) is 0 Å².